The van der Waals surface area contributed by atoms with Gasteiger partial charge in [0.25, 0.3) is 0 Å². The van der Waals surface area contributed by atoms with Gasteiger partial charge in [-0.15, -0.1) is 0 Å². The summed E-state index contributed by atoms with van der Waals surface area (Å²) in [5, 5.41) is 2.87. The zero-order valence-corrected chi connectivity index (χ0v) is 14.8. The van der Waals surface area contributed by atoms with E-state index < -0.39 is 0 Å². The Morgan fingerprint density at radius 1 is 1.15 bits per heavy atom. The van der Waals surface area contributed by atoms with Gasteiger partial charge in [-0.25, -0.2) is 14.0 Å². The number of benzene rings is 2. The second kappa shape index (κ2) is 6.79. The Labute approximate surface area is 154 Å². The summed E-state index contributed by atoms with van der Waals surface area (Å²) in [6, 6.07) is 11.6. The molecule has 0 bridgehead atoms. The standard InChI is InChI=1S/C19H20FN5O2/c1-12-11-24(17-5-3-2-4-14(17)20)8-9-25(12)19(27)21-13-6-7-15-16(10-13)23-18(26)22-15/h2-7,10,12H,8-9,11H2,1H3,(H,21,27)(H2,22,23,26)/t12-/m0/s1. The number of nitrogens with one attached hydrogen (secondary N) is 3. The minimum atomic E-state index is -0.286. The topological polar surface area (TPSA) is 84.2 Å². The van der Waals surface area contributed by atoms with Crippen molar-refractivity contribution in [1.82, 2.24) is 14.9 Å². The largest absolute Gasteiger partial charge is 0.365 e. The number of para-hydroxylation sites is 1. The maximum Gasteiger partial charge on any atom is 0.323 e. The summed E-state index contributed by atoms with van der Waals surface area (Å²) in [5.74, 6) is -0.253. The number of piperazine rings is 1. The van der Waals surface area contributed by atoms with Crippen LogP contribution >= 0.6 is 0 Å². The van der Waals surface area contributed by atoms with Crippen LogP contribution in [0.3, 0.4) is 0 Å². The Morgan fingerprint density at radius 3 is 2.70 bits per heavy atom. The zero-order chi connectivity index (χ0) is 19.0. The molecule has 2 heterocycles. The number of amides is 2. The SMILES string of the molecule is C[C@H]1CN(c2ccccc2F)CCN1C(=O)Nc1ccc2[nH]c(=O)[nH]c2c1. The van der Waals surface area contributed by atoms with Crippen molar-refractivity contribution in [3.63, 3.8) is 0 Å². The predicted molar refractivity (Wildman–Crippen MR) is 103 cm³/mol. The number of fused-ring (bicyclic) bond motifs is 1. The number of hydrogen-bond donors (Lipinski definition) is 3. The molecule has 0 saturated carbocycles. The van der Waals surface area contributed by atoms with Gasteiger partial charge < -0.3 is 25.1 Å². The molecule has 0 spiro atoms. The van der Waals surface area contributed by atoms with Gasteiger partial charge in [0.05, 0.1) is 16.7 Å². The van der Waals surface area contributed by atoms with Crippen LogP contribution in [0.2, 0.25) is 0 Å². The fraction of sp³-hybridized carbons (Fsp3) is 0.263. The maximum absolute atomic E-state index is 14.0. The Bertz CT molecular complexity index is 1040. The fourth-order valence-electron chi connectivity index (χ4n) is 3.49. The van der Waals surface area contributed by atoms with Crippen molar-refractivity contribution in [3.05, 3.63) is 58.8 Å². The molecule has 3 N–H and O–H groups in total. The van der Waals surface area contributed by atoms with Gasteiger partial charge >= 0.3 is 11.7 Å². The van der Waals surface area contributed by atoms with Gasteiger partial charge in [0.15, 0.2) is 0 Å². The highest BCUT2D eigenvalue weighted by Gasteiger charge is 2.28. The van der Waals surface area contributed by atoms with Gasteiger partial charge in [-0.05, 0) is 37.3 Å². The van der Waals surface area contributed by atoms with Gasteiger partial charge in [0.1, 0.15) is 5.82 Å². The van der Waals surface area contributed by atoms with Gasteiger partial charge in [-0.1, -0.05) is 12.1 Å². The van der Waals surface area contributed by atoms with Crippen molar-refractivity contribution in [2.75, 3.05) is 29.9 Å². The molecule has 0 aliphatic carbocycles. The van der Waals surface area contributed by atoms with Crippen molar-refractivity contribution >= 4 is 28.4 Å². The molecule has 0 unspecified atom stereocenters. The van der Waals surface area contributed by atoms with Crippen LogP contribution in [0.5, 0.6) is 0 Å². The lowest BCUT2D eigenvalue weighted by atomic mass is 10.1. The average molecular weight is 369 g/mol. The number of rotatable bonds is 2. The second-order valence-electron chi connectivity index (χ2n) is 6.71. The minimum Gasteiger partial charge on any atom is -0.365 e. The summed E-state index contributed by atoms with van der Waals surface area (Å²) >= 11 is 0. The van der Waals surface area contributed by atoms with E-state index in [0.29, 0.717) is 42.0 Å². The third kappa shape index (κ3) is 3.38. The number of aromatic nitrogens is 2. The number of H-pyrrole nitrogens is 2. The van der Waals surface area contributed by atoms with Gasteiger partial charge in [-0.3, -0.25) is 0 Å². The molecule has 2 aromatic carbocycles. The Morgan fingerprint density at radius 2 is 1.93 bits per heavy atom. The van der Waals surface area contributed by atoms with Crippen LogP contribution in [0.4, 0.5) is 20.6 Å². The first-order valence-electron chi connectivity index (χ1n) is 8.80. The first kappa shape index (κ1) is 17.1. The van der Waals surface area contributed by atoms with Crippen molar-refractivity contribution in [2.45, 2.75) is 13.0 Å². The number of nitrogens with zero attached hydrogens (tertiary/aromatic N) is 2. The molecular weight excluding hydrogens is 349 g/mol. The predicted octanol–water partition coefficient (Wildman–Crippen LogP) is 2.74. The Kier molecular flexibility index (Phi) is 4.31. The van der Waals surface area contributed by atoms with E-state index in [1.165, 1.54) is 6.07 Å². The zero-order valence-electron chi connectivity index (χ0n) is 14.8. The molecule has 1 aliphatic rings. The summed E-state index contributed by atoms with van der Waals surface area (Å²) in [4.78, 5) is 33.0. The summed E-state index contributed by atoms with van der Waals surface area (Å²) in [5.41, 5.74) is 2.20. The fourth-order valence-corrected chi connectivity index (χ4v) is 3.49. The smallest absolute Gasteiger partial charge is 0.323 e. The number of imidazole rings is 1. The van der Waals surface area contributed by atoms with E-state index in [1.54, 1.807) is 35.2 Å². The molecule has 2 amide bonds. The number of aromatic amines is 2. The molecule has 1 aliphatic heterocycles. The van der Waals surface area contributed by atoms with Crippen molar-refractivity contribution in [3.8, 4) is 0 Å². The van der Waals surface area contributed by atoms with Crippen LogP contribution < -0.4 is 15.9 Å². The molecule has 27 heavy (non-hydrogen) atoms. The molecule has 140 valence electrons. The first-order chi connectivity index (χ1) is 13.0. The van der Waals surface area contributed by atoms with Crippen LogP contribution in [-0.2, 0) is 0 Å². The molecule has 4 rings (SSSR count). The molecule has 3 aromatic rings. The number of hydrogen-bond acceptors (Lipinski definition) is 3. The van der Waals surface area contributed by atoms with E-state index in [-0.39, 0.29) is 23.6 Å². The van der Waals surface area contributed by atoms with Crippen LogP contribution in [-0.4, -0.2) is 46.6 Å². The molecule has 1 aromatic heterocycles. The Hall–Kier alpha value is -3.29. The summed E-state index contributed by atoms with van der Waals surface area (Å²) in [7, 11) is 0. The lowest BCUT2D eigenvalue weighted by Crippen LogP contribution is -2.55. The number of carbonyl (C=O) groups is 1. The first-order valence-corrected chi connectivity index (χ1v) is 8.80. The Balaban J connectivity index is 1.44. The van der Waals surface area contributed by atoms with E-state index >= 15 is 0 Å². The third-order valence-electron chi connectivity index (χ3n) is 4.85. The second-order valence-corrected chi connectivity index (χ2v) is 6.71. The number of anilines is 2. The van der Waals surface area contributed by atoms with Gasteiger partial charge in [-0.2, -0.15) is 0 Å². The molecule has 8 heteroatoms. The quantitative estimate of drug-likeness (QED) is 0.649. The highest BCUT2D eigenvalue weighted by atomic mass is 19.1. The summed E-state index contributed by atoms with van der Waals surface area (Å²) in [6.45, 7) is 3.55. The highest BCUT2D eigenvalue weighted by molar-refractivity contribution is 5.92. The van der Waals surface area contributed by atoms with Crippen LogP contribution in [0.25, 0.3) is 11.0 Å². The van der Waals surface area contributed by atoms with Crippen LogP contribution in [0.1, 0.15) is 6.92 Å². The lowest BCUT2D eigenvalue weighted by molar-refractivity contribution is 0.184. The van der Waals surface area contributed by atoms with Gasteiger partial charge in [0.2, 0.25) is 0 Å². The van der Waals surface area contributed by atoms with Crippen LogP contribution in [0.15, 0.2) is 47.3 Å². The number of urea groups is 1. The monoisotopic (exact) mass is 369 g/mol. The average Bonchev–Trinajstić information content (AvgIpc) is 3.01. The number of halogens is 1. The van der Waals surface area contributed by atoms with E-state index in [4.69, 9.17) is 0 Å². The van der Waals surface area contributed by atoms with Crippen molar-refractivity contribution < 1.29 is 9.18 Å². The van der Waals surface area contributed by atoms with E-state index in [1.807, 2.05) is 17.9 Å². The number of carbonyl (C=O) groups excluding carboxylic acids is 1. The molecule has 1 fully saturated rings. The lowest BCUT2D eigenvalue weighted by Gasteiger charge is -2.40. The molecule has 0 radical (unpaired) electrons. The molecule has 1 atom stereocenters. The van der Waals surface area contributed by atoms with Crippen molar-refractivity contribution in [2.24, 2.45) is 0 Å². The van der Waals surface area contributed by atoms with E-state index in [0.717, 1.165) is 0 Å². The van der Waals surface area contributed by atoms with E-state index in [2.05, 4.69) is 15.3 Å². The maximum atomic E-state index is 14.0. The summed E-state index contributed by atoms with van der Waals surface area (Å²) < 4.78 is 14.0. The molecule has 7 nitrogen and oxygen atoms in total. The van der Waals surface area contributed by atoms with Gasteiger partial charge in [0, 0.05) is 31.4 Å². The minimum absolute atomic E-state index is 0.0749. The van der Waals surface area contributed by atoms with Crippen molar-refractivity contribution in [1.29, 1.82) is 0 Å². The summed E-state index contributed by atoms with van der Waals surface area (Å²) in [6.07, 6.45) is 0. The molecule has 1 saturated heterocycles. The molecular formula is C19H20FN5O2. The highest BCUT2D eigenvalue weighted by Crippen LogP contribution is 2.23. The van der Waals surface area contributed by atoms with Crippen LogP contribution in [0, 0.1) is 5.82 Å². The van der Waals surface area contributed by atoms with E-state index in [9.17, 15) is 14.0 Å². The third-order valence-corrected chi connectivity index (χ3v) is 4.85. The normalized spacial score (nSPS) is 17.3.